The highest BCUT2D eigenvalue weighted by atomic mass is 15.0. The summed E-state index contributed by atoms with van der Waals surface area (Å²) in [4.78, 5) is 0. The lowest BCUT2D eigenvalue weighted by Gasteiger charge is -2.16. The molecular weight excluding hydrogens is 611 g/mol. The van der Waals surface area contributed by atoms with E-state index in [1.165, 1.54) is 0 Å². The van der Waals surface area contributed by atoms with Crippen molar-refractivity contribution in [1.29, 1.82) is 15.8 Å². The third kappa shape index (κ3) is 4.31. The van der Waals surface area contributed by atoms with E-state index in [4.69, 9.17) is 0 Å². The minimum Gasteiger partial charge on any atom is -0.309 e. The number of rotatable bonds is 4. The summed E-state index contributed by atoms with van der Waals surface area (Å²) in [5, 5.41) is 34.2. The highest BCUT2D eigenvalue weighted by molar-refractivity contribution is 6.11. The van der Waals surface area contributed by atoms with Gasteiger partial charge in [0, 0.05) is 38.4 Å². The first kappa shape index (κ1) is 28.8. The van der Waals surface area contributed by atoms with Crippen molar-refractivity contribution in [2.45, 2.75) is 0 Å². The standard InChI is InChI=1S/C45H25N5/c46-26-29-19-22-44-40(23-29)37-14-3-6-18-43(37)50(44)41-16-4-1-12-35(41)30-9-7-10-31(24-30)39-25-34(21-20-32(39)27-47)49-42-17-5-2-13-36(42)38-15-8-11-33(28-48)45(38)49/h1-25H. The molecule has 0 saturated heterocycles. The van der Waals surface area contributed by atoms with Crippen molar-refractivity contribution in [3.8, 4) is 51.8 Å². The van der Waals surface area contributed by atoms with Crippen LogP contribution < -0.4 is 0 Å². The summed E-state index contributed by atoms with van der Waals surface area (Å²) >= 11 is 0. The summed E-state index contributed by atoms with van der Waals surface area (Å²) in [7, 11) is 0. The van der Waals surface area contributed by atoms with Gasteiger partial charge in [0.1, 0.15) is 6.07 Å². The van der Waals surface area contributed by atoms with E-state index < -0.39 is 0 Å². The number of benzene rings is 7. The zero-order chi connectivity index (χ0) is 33.8. The number of nitrogens with zero attached hydrogens (tertiary/aromatic N) is 5. The number of hydrogen-bond acceptors (Lipinski definition) is 3. The first-order valence-corrected chi connectivity index (χ1v) is 16.3. The molecule has 0 bridgehead atoms. The van der Waals surface area contributed by atoms with Gasteiger partial charge >= 0.3 is 0 Å². The highest BCUT2D eigenvalue weighted by Gasteiger charge is 2.19. The maximum Gasteiger partial charge on any atom is 0.101 e. The maximum atomic E-state index is 10.3. The third-order valence-electron chi connectivity index (χ3n) is 9.63. The molecule has 0 saturated carbocycles. The van der Waals surface area contributed by atoms with Gasteiger partial charge in [-0.1, -0.05) is 84.9 Å². The first-order valence-electron chi connectivity index (χ1n) is 16.3. The molecule has 0 spiro atoms. The number of hydrogen-bond donors (Lipinski definition) is 0. The summed E-state index contributed by atoms with van der Waals surface area (Å²) in [5.74, 6) is 0. The molecule has 0 amide bonds. The summed E-state index contributed by atoms with van der Waals surface area (Å²) in [6, 6.07) is 57.8. The predicted octanol–water partition coefficient (Wildman–Crippen LogP) is 10.8. The second-order valence-electron chi connectivity index (χ2n) is 12.3. The molecule has 0 aliphatic heterocycles. The van der Waals surface area contributed by atoms with Crippen molar-refractivity contribution in [1.82, 2.24) is 9.13 Å². The Hall–Kier alpha value is -7.39. The van der Waals surface area contributed by atoms with Crippen molar-refractivity contribution < 1.29 is 0 Å². The third-order valence-corrected chi connectivity index (χ3v) is 9.63. The molecule has 50 heavy (non-hydrogen) atoms. The quantitative estimate of drug-likeness (QED) is 0.193. The van der Waals surface area contributed by atoms with Crippen LogP contribution in [0, 0.1) is 34.0 Å². The van der Waals surface area contributed by atoms with E-state index in [0.717, 1.165) is 77.2 Å². The van der Waals surface area contributed by atoms with Crippen molar-refractivity contribution in [3.05, 3.63) is 168 Å². The van der Waals surface area contributed by atoms with Crippen LogP contribution in [-0.2, 0) is 0 Å². The van der Waals surface area contributed by atoms with Gasteiger partial charge in [0.15, 0.2) is 0 Å². The molecule has 230 valence electrons. The number of nitriles is 3. The molecular formula is C45H25N5. The molecule has 7 aromatic carbocycles. The second kappa shape index (κ2) is 11.4. The molecule has 2 aromatic heterocycles. The lowest BCUT2D eigenvalue weighted by atomic mass is 9.95. The molecule has 2 heterocycles. The fraction of sp³-hybridized carbons (Fsp3) is 0. The van der Waals surface area contributed by atoms with Crippen molar-refractivity contribution in [3.63, 3.8) is 0 Å². The van der Waals surface area contributed by atoms with E-state index in [0.29, 0.717) is 16.7 Å². The van der Waals surface area contributed by atoms with Crippen LogP contribution in [0.2, 0.25) is 0 Å². The maximum absolute atomic E-state index is 10.3. The van der Waals surface area contributed by atoms with Gasteiger partial charge in [-0.2, -0.15) is 15.8 Å². The Morgan fingerprint density at radius 2 is 1.04 bits per heavy atom. The van der Waals surface area contributed by atoms with E-state index in [1.807, 2.05) is 91.0 Å². The fourth-order valence-electron chi connectivity index (χ4n) is 7.45. The second-order valence-corrected chi connectivity index (χ2v) is 12.3. The molecule has 0 fully saturated rings. The summed E-state index contributed by atoms with van der Waals surface area (Å²) in [6.07, 6.45) is 0. The Morgan fingerprint density at radius 1 is 0.400 bits per heavy atom. The van der Waals surface area contributed by atoms with Crippen molar-refractivity contribution in [2.24, 2.45) is 0 Å². The number of fused-ring (bicyclic) bond motifs is 6. The average molecular weight is 636 g/mol. The van der Waals surface area contributed by atoms with Crippen molar-refractivity contribution >= 4 is 43.6 Å². The van der Waals surface area contributed by atoms with E-state index in [-0.39, 0.29) is 0 Å². The molecule has 5 heteroatoms. The number of aromatic nitrogens is 2. The number of para-hydroxylation sites is 4. The van der Waals surface area contributed by atoms with Crippen LogP contribution in [0.15, 0.2) is 152 Å². The Labute approximate surface area is 287 Å². The van der Waals surface area contributed by atoms with Gasteiger partial charge in [-0.3, -0.25) is 0 Å². The summed E-state index contributed by atoms with van der Waals surface area (Å²) in [5.41, 5.74) is 11.4. The smallest absolute Gasteiger partial charge is 0.101 e. The Balaban J connectivity index is 1.24. The molecule has 5 nitrogen and oxygen atoms in total. The van der Waals surface area contributed by atoms with Gasteiger partial charge in [-0.25, -0.2) is 0 Å². The molecule has 0 unspecified atom stereocenters. The van der Waals surface area contributed by atoms with E-state index in [2.05, 4.69) is 88.0 Å². The van der Waals surface area contributed by atoms with Gasteiger partial charge in [-0.05, 0) is 77.9 Å². The Bertz CT molecular complexity index is 2970. The van der Waals surface area contributed by atoms with Crippen LogP contribution in [0.5, 0.6) is 0 Å². The van der Waals surface area contributed by atoms with Crippen LogP contribution in [0.1, 0.15) is 16.7 Å². The normalized spacial score (nSPS) is 11.1. The molecule has 0 aliphatic carbocycles. The Kier molecular flexibility index (Phi) is 6.56. The lowest BCUT2D eigenvalue weighted by Crippen LogP contribution is -1.98. The summed E-state index contributed by atoms with van der Waals surface area (Å²) < 4.78 is 4.40. The summed E-state index contributed by atoms with van der Waals surface area (Å²) in [6.45, 7) is 0. The molecule has 0 aliphatic rings. The minimum absolute atomic E-state index is 0.566. The van der Waals surface area contributed by atoms with Gasteiger partial charge in [0.2, 0.25) is 0 Å². The monoisotopic (exact) mass is 635 g/mol. The molecule has 9 aromatic rings. The van der Waals surface area contributed by atoms with Crippen molar-refractivity contribution in [2.75, 3.05) is 0 Å². The average Bonchev–Trinajstić information content (AvgIpc) is 3.70. The molecule has 0 radical (unpaired) electrons. The zero-order valence-electron chi connectivity index (χ0n) is 26.7. The Morgan fingerprint density at radius 3 is 1.82 bits per heavy atom. The van der Waals surface area contributed by atoms with Crippen LogP contribution in [-0.4, -0.2) is 9.13 Å². The minimum atomic E-state index is 0.566. The SMILES string of the molecule is N#Cc1ccc2c(c1)c1ccccc1n2-c1ccccc1-c1cccc(-c2cc(-n3c4ccccc4c4cccc(C#N)c43)ccc2C#N)c1. The van der Waals surface area contributed by atoms with E-state index >= 15 is 0 Å². The highest BCUT2D eigenvalue weighted by Crippen LogP contribution is 2.39. The van der Waals surface area contributed by atoms with Crippen LogP contribution in [0.4, 0.5) is 0 Å². The topological polar surface area (TPSA) is 81.2 Å². The van der Waals surface area contributed by atoms with Gasteiger partial charge < -0.3 is 9.13 Å². The van der Waals surface area contributed by atoms with Gasteiger partial charge in [0.05, 0.1) is 56.6 Å². The van der Waals surface area contributed by atoms with E-state index in [1.54, 1.807) is 0 Å². The van der Waals surface area contributed by atoms with Gasteiger partial charge in [0.25, 0.3) is 0 Å². The van der Waals surface area contributed by atoms with Crippen LogP contribution in [0.25, 0.3) is 77.2 Å². The van der Waals surface area contributed by atoms with Crippen LogP contribution in [0.3, 0.4) is 0 Å². The molecule has 9 rings (SSSR count). The lowest BCUT2D eigenvalue weighted by molar-refractivity contribution is 1.17. The largest absolute Gasteiger partial charge is 0.309 e. The first-order chi connectivity index (χ1) is 24.7. The zero-order valence-corrected chi connectivity index (χ0v) is 26.7. The predicted molar refractivity (Wildman–Crippen MR) is 200 cm³/mol. The van der Waals surface area contributed by atoms with E-state index in [9.17, 15) is 15.8 Å². The van der Waals surface area contributed by atoms with Crippen LogP contribution >= 0.6 is 0 Å². The molecule has 0 atom stereocenters. The fourth-order valence-corrected chi connectivity index (χ4v) is 7.45. The molecule has 0 N–H and O–H groups in total. The van der Waals surface area contributed by atoms with Gasteiger partial charge in [-0.15, -0.1) is 0 Å².